The SMILES string of the molecule is Cc1cc(N)nc(SCC(=O)Nc2ccc(F)cc2F)n1. The number of halogens is 2. The summed E-state index contributed by atoms with van der Waals surface area (Å²) in [4.78, 5) is 19.8. The molecule has 0 aliphatic rings. The summed E-state index contributed by atoms with van der Waals surface area (Å²) in [6.45, 7) is 1.76. The molecular formula is C13H12F2N4OS. The van der Waals surface area contributed by atoms with E-state index in [9.17, 15) is 13.6 Å². The van der Waals surface area contributed by atoms with E-state index in [1.54, 1.807) is 13.0 Å². The normalized spacial score (nSPS) is 10.4. The van der Waals surface area contributed by atoms with Crippen molar-refractivity contribution in [3.8, 4) is 0 Å². The summed E-state index contributed by atoms with van der Waals surface area (Å²) in [6, 6.07) is 4.54. The van der Waals surface area contributed by atoms with Crippen LogP contribution < -0.4 is 11.1 Å². The average Bonchev–Trinajstić information content (AvgIpc) is 2.39. The zero-order valence-corrected chi connectivity index (χ0v) is 11.9. The molecule has 3 N–H and O–H groups in total. The number of rotatable bonds is 4. The third kappa shape index (κ3) is 4.38. The van der Waals surface area contributed by atoms with Crippen LogP contribution in [-0.4, -0.2) is 21.6 Å². The van der Waals surface area contributed by atoms with Crippen LogP contribution in [0.4, 0.5) is 20.3 Å². The van der Waals surface area contributed by atoms with Crippen LogP contribution in [0.2, 0.25) is 0 Å². The number of benzene rings is 1. The monoisotopic (exact) mass is 310 g/mol. The lowest BCUT2D eigenvalue weighted by atomic mass is 10.3. The lowest BCUT2D eigenvalue weighted by molar-refractivity contribution is -0.113. The first-order chi connectivity index (χ1) is 9.94. The lowest BCUT2D eigenvalue weighted by Crippen LogP contribution is -2.15. The summed E-state index contributed by atoms with van der Waals surface area (Å²) in [5.74, 6) is -1.68. The molecule has 0 saturated carbocycles. The Balaban J connectivity index is 1.95. The van der Waals surface area contributed by atoms with Crippen LogP contribution in [0.1, 0.15) is 5.69 Å². The van der Waals surface area contributed by atoms with Gasteiger partial charge in [-0.25, -0.2) is 18.7 Å². The fourth-order valence-corrected chi connectivity index (χ4v) is 2.25. The maximum absolute atomic E-state index is 13.4. The van der Waals surface area contributed by atoms with E-state index >= 15 is 0 Å². The maximum atomic E-state index is 13.4. The molecule has 0 aliphatic heterocycles. The smallest absolute Gasteiger partial charge is 0.234 e. The molecule has 0 bridgehead atoms. The van der Waals surface area contributed by atoms with Crippen LogP contribution in [0.5, 0.6) is 0 Å². The molecule has 1 aromatic carbocycles. The molecule has 1 aromatic heterocycles. The number of nitrogens with one attached hydrogen (secondary N) is 1. The largest absolute Gasteiger partial charge is 0.384 e. The Bertz CT molecular complexity index is 661. The number of carbonyl (C=O) groups excluding carboxylic acids is 1. The van der Waals surface area contributed by atoms with E-state index in [0.717, 1.165) is 23.9 Å². The number of hydrogen-bond acceptors (Lipinski definition) is 5. The van der Waals surface area contributed by atoms with Crippen LogP contribution in [0.15, 0.2) is 29.4 Å². The Morgan fingerprint density at radius 3 is 2.76 bits per heavy atom. The van der Waals surface area contributed by atoms with E-state index in [0.29, 0.717) is 22.7 Å². The van der Waals surface area contributed by atoms with Crippen LogP contribution >= 0.6 is 11.8 Å². The predicted octanol–water partition coefficient (Wildman–Crippen LogP) is 2.38. The highest BCUT2D eigenvalue weighted by molar-refractivity contribution is 7.99. The molecule has 0 aliphatic carbocycles. The fraction of sp³-hybridized carbons (Fsp3) is 0.154. The first kappa shape index (κ1) is 15.2. The van der Waals surface area contributed by atoms with Crippen molar-refractivity contribution >= 4 is 29.2 Å². The topological polar surface area (TPSA) is 80.9 Å². The molecule has 0 radical (unpaired) electrons. The highest BCUT2D eigenvalue weighted by atomic mass is 32.2. The number of aromatic nitrogens is 2. The van der Waals surface area contributed by atoms with Gasteiger partial charge in [0.15, 0.2) is 5.16 Å². The molecule has 5 nitrogen and oxygen atoms in total. The Morgan fingerprint density at radius 1 is 1.33 bits per heavy atom. The highest BCUT2D eigenvalue weighted by Crippen LogP contribution is 2.18. The van der Waals surface area contributed by atoms with Gasteiger partial charge < -0.3 is 11.1 Å². The average molecular weight is 310 g/mol. The molecule has 1 amide bonds. The summed E-state index contributed by atoms with van der Waals surface area (Å²) >= 11 is 1.07. The van der Waals surface area contributed by atoms with Crippen LogP contribution in [-0.2, 0) is 4.79 Å². The van der Waals surface area contributed by atoms with Gasteiger partial charge in [-0.3, -0.25) is 4.79 Å². The van der Waals surface area contributed by atoms with Gasteiger partial charge in [-0.1, -0.05) is 11.8 Å². The van der Waals surface area contributed by atoms with E-state index in [1.165, 1.54) is 0 Å². The van der Waals surface area contributed by atoms with Crippen LogP contribution in [0.3, 0.4) is 0 Å². The molecule has 0 spiro atoms. The van der Waals surface area contributed by atoms with Gasteiger partial charge in [-0.15, -0.1) is 0 Å². The van der Waals surface area contributed by atoms with Gasteiger partial charge in [0.05, 0.1) is 11.4 Å². The molecule has 0 fully saturated rings. The summed E-state index contributed by atoms with van der Waals surface area (Å²) < 4.78 is 26.1. The molecular weight excluding hydrogens is 298 g/mol. The number of thioether (sulfide) groups is 1. The number of nitrogens with two attached hydrogens (primary N) is 1. The third-order valence-electron chi connectivity index (χ3n) is 2.39. The number of aryl methyl sites for hydroxylation is 1. The molecule has 21 heavy (non-hydrogen) atoms. The maximum Gasteiger partial charge on any atom is 0.234 e. The molecule has 8 heteroatoms. The van der Waals surface area contributed by atoms with Gasteiger partial charge in [0.1, 0.15) is 17.5 Å². The van der Waals surface area contributed by atoms with Crippen molar-refractivity contribution in [2.45, 2.75) is 12.1 Å². The van der Waals surface area contributed by atoms with Gasteiger partial charge in [-0.2, -0.15) is 0 Å². The second-order valence-corrected chi connectivity index (χ2v) is 5.12. The van der Waals surface area contributed by atoms with Crippen molar-refractivity contribution in [1.29, 1.82) is 0 Å². The van der Waals surface area contributed by atoms with Crippen molar-refractivity contribution in [2.75, 3.05) is 16.8 Å². The summed E-state index contributed by atoms with van der Waals surface area (Å²) in [7, 11) is 0. The Kier molecular flexibility index (Phi) is 4.69. The minimum absolute atomic E-state index is 0.0142. The minimum Gasteiger partial charge on any atom is -0.384 e. The van der Waals surface area contributed by atoms with Crippen LogP contribution in [0.25, 0.3) is 0 Å². The second kappa shape index (κ2) is 6.49. The van der Waals surface area contributed by atoms with Crippen molar-refractivity contribution in [2.24, 2.45) is 0 Å². The zero-order chi connectivity index (χ0) is 15.4. The van der Waals surface area contributed by atoms with Crippen molar-refractivity contribution in [1.82, 2.24) is 9.97 Å². The first-order valence-corrected chi connectivity index (χ1v) is 6.91. The quantitative estimate of drug-likeness (QED) is 0.669. The van der Waals surface area contributed by atoms with Gasteiger partial charge >= 0.3 is 0 Å². The minimum atomic E-state index is -0.829. The molecule has 1 heterocycles. The van der Waals surface area contributed by atoms with Gasteiger partial charge in [0, 0.05) is 17.8 Å². The van der Waals surface area contributed by atoms with Gasteiger partial charge in [0.25, 0.3) is 0 Å². The van der Waals surface area contributed by atoms with E-state index in [4.69, 9.17) is 5.73 Å². The molecule has 0 atom stereocenters. The number of anilines is 2. The predicted molar refractivity (Wildman–Crippen MR) is 76.9 cm³/mol. The number of nitrogens with zero attached hydrogens (tertiary/aromatic N) is 2. The van der Waals surface area contributed by atoms with E-state index < -0.39 is 17.5 Å². The second-order valence-electron chi connectivity index (χ2n) is 4.18. The number of amides is 1. The van der Waals surface area contributed by atoms with Gasteiger partial charge in [-0.05, 0) is 19.1 Å². The molecule has 0 saturated heterocycles. The molecule has 2 aromatic rings. The van der Waals surface area contributed by atoms with Crippen LogP contribution in [0, 0.1) is 18.6 Å². The standard InChI is InChI=1S/C13H12F2N4OS/c1-7-4-11(16)19-13(17-7)21-6-12(20)18-10-3-2-8(14)5-9(10)15/h2-5H,6H2,1H3,(H,18,20)(H2,16,17,19). The third-order valence-corrected chi connectivity index (χ3v) is 3.24. The Labute approximate surface area is 124 Å². The fourth-order valence-electron chi connectivity index (χ4n) is 1.54. The Hall–Kier alpha value is -2.22. The van der Waals surface area contributed by atoms with E-state index in [1.807, 2.05) is 0 Å². The van der Waals surface area contributed by atoms with E-state index in [2.05, 4.69) is 15.3 Å². The number of nitrogen functional groups attached to an aromatic ring is 1. The van der Waals surface area contributed by atoms with Gasteiger partial charge in [0.2, 0.25) is 5.91 Å². The highest BCUT2D eigenvalue weighted by Gasteiger charge is 2.10. The Morgan fingerprint density at radius 2 is 2.10 bits per heavy atom. The van der Waals surface area contributed by atoms with E-state index in [-0.39, 0.29) is 11.4 Å². The number of carbonyl (C=O) groups is 1. The number of hydrogen-bond donors (Lipinski definition) is 2. The summed E-state index contributed by atoms with van der Waals surface area (Å²) in [5.41, 5.74) is 6.19. The van der Waals surface area contributed by atoms with Crippen molar-refractivity contribution < 1.29 is 13.6 Å². The summed E-state index contributed by atoms with van der Waals surface area (Å²) in [6.07, 6.45) is 0. The lowest BCUT2D eigenvalue weighted by Gasteiger charge is -2.06. The van der Waals surface area contributed by atoms with Crippen molar-refractivity contribution in [3.63, 3.8) is 0 Å². The zero-order valence-electron chi connectivity index (χ0n) is 11.1. The molecule has 110 valence electrons. The molecule has 2 rings (SSSR count). The van der Waals surface area contributed by atoms with Crippen molar-refractivity contribution in [3.05, 3.63) is 41.6 Å². The molecule has 0 unspecified atom stereocenters. The summed E-state index contributed by atoms with van der Waals surface area (Å²) in [5, 5.41) is 2.71. The first-order valence-electron chi connectivity index (χ1n) is 5.93.